The fourth-order valence-electron chi connectivity index (χ4n) is 2.86. The highest BCUT2D eigenvalue weighted by Gasteiger charge is 2.41. The third-order valence-electron chi connectivity index (χ3n) is 4.59. The molecule has 4 nitrogen and oxygen atoms in total. The SMILES string of the molecule is COC1(c2nc(C(C)C)cc(=O)[nH]2)CCC(C)(C)CC1. The third-order valence-corrected chi connectivity index (χ3v) is 4.59. The predicted molar refractivity (Wildman–Crippen MR) is 79.9 cm³/mol. The van der Waals surface area contributed by atoms with E-state index in [9.17, 15) is 4.79 Å². The Labute approximate surface area is 121 Å². The molecule has 0 radical (unpaired) electrons. The van der Waals surface area contributed by atoms with Gasteiger partial charge in [-0.3, -0.25) is 4.79 Å². The zero-order valence-corrected chi connectivity index (χ0v) is 13.2. The van der Waals surface area contributed by atoms with Gasteiger partial charge in [-0.15, -0.1) is 0 Å². The van der Waals surface area contributed by atoms with Gasteiger partial charge in [0, 0.05) is 13.2 Å². The first-order valence-electron chi connectivity index (χ1n) is 7.45. The lowest BCUT2D eigenvalue weighted by Crippen LogP contribution is -2.39. The molecule has 1 fully saturated rings. The van der Waals surface area contributed by atoms with Gasteiger partial charge in [0.15, 0.2) is 0 Å². The van der Waals surface area contributed by atoms with Crippen LogP contribution in [0.1, 0.15) is 70.8 Å². The molecule has 0 amide bonds. The van der Waals surface area contributed by atoms with Crippen LogP contribution >= 0.6 is 0 Å². The molecule has 112 valence electrons. The molecule has 0 aromatic carbocycles. The van der Waals surface area contributed by atoms with E-state index >= 15 is 0 Å². The van der Waals surface area contributed by atoms with Crippen molar-refractivity contribution in [2.75, 3.05) is 7.11 Å². The maximum absolute atomic E-state index is 11.9. The molecule has 20 heavy (non-hydrogen) atoms. The summed E-state index contributed by atoms with van der Waals surface area (Å²) < 4.78 is 5.82. The molecule has 2 rings (SSSR count). The number of aromatic amines is 1. The van der Waals surface area contributed by atoms with Crippen LogP contribution in [0.2, 0.25) is 0 Å². The van der Waals surface area contributed by atoms with E-state index in [1.807, 2.05) is 0 Å². The number of hydrogen-bond donors (Lipinski definition) is 1. The van der Waals surface area contributed by atoms with Gasteiger partial charge in [-0.05, 0) is 37.0 Å². The maximum atomic E-state index is 11.9. The predicted octanol–water partition coefficient (Wildman–Crippen LogP) is 3.34. The molecule has 1 aliphatic rings. The molecule has 1 N–H and O–H groups in total. The minimum Gasteiger partial charge on any atom is -0.370 e. The fraction of sp³-hybridized carbons (Fsp3) is 0.750. The number of methoxy groups -OCH3 is 1. The number of aromatic nitrogens is 2. The van der Waals surface area contributed by atoms with E-state index in [-0.39, 0.29) is 11.5 Å². The molecule has 1 aromatic rings. The Bertz CT molecular complexity index is 522. The number of nitrogens with one attached hydrogen (secondary N) is 1. The summed E-state index contributed by atoms with van der Waals surface area (Å²) in [4.78, 5) is 19.5. The zero-order chi connectivity index (χ0) is 15.0. The molecule has 1 heterocycles. The summed E-state index contributed by atoms with van der Waals surface area (Å²) in [6.07, 6.45) is 3.97. The summed E-state index contributed by atoms with van der Waals surface area (Å²) in [5, 5.41) is 0. The second-order valence-corrected chi connectivity index (χ2v) is 7.04. The molecule has 0 aliphatic heterocycles. The minimum atomic E-state index is -0.431. The van der Waals surface area contributed by atoms with E-state index in [1.165, 1.54) is 0 Å². The Morgan fingerprint density at radius 1 is 1.25 bits per heavy atom. The molecule has 0 unspecified atom stereocenters. The van der Waals surface area contributed by atoms with Crippen molar-refractivity contribution in [3.8, 4) is 0 Å². The van der Waals surface area contributed by atoms with Crippen molar-refractivity contribution in [3.05, 3.63) is 27.9 Å². The quantitative estimate of drug-likeness (QED) is 0.922. The van der Waals surface area contributed by atoms with Crippen LogP contribution in [0.25, 0.3) is 0 Å². The Hall–Kier alpha value is -1.16. The average molecular weight is 278 g/mol. The van der Waals surface area contributed by atoms with E-state index in [0.29, 0.717) is 11.2 Å². The van der Waals surface area contributed by atoms with Crippen molar-refractivity contribution in [1.82, 2.24) is 9.97 Å². The first kappa shape index (κ1) is 15.2. The lowest BCUT2D eigenvalue weighted by atomic mass is 9.70. The molecule has 0 bridgehead atoms. The van der Waals surface area contributed by atoms with Crippen LogP contribution in [-0.4, -0.2) is 17.1 Å². The second-order valence-electron chi connectivity index (χ2n) is 7.04. The molecular formula is C16H26N2O2. The highest BCUT2D eigenvalue weighted by molar-refractivity contribution is 5.13. The summed E-state index contributed by atoms with van der Waals surface area (Å²) >= 11 is 0. The van der Waals surface area contributed by atoms with Crippen LogP contribution in [0.15, 0.2) is 10.9 Å². The van der Waals surface area contributed by atoms with Gasteiger partial charge in [0.1, 0.15) is 11.4 Å². The standard InChI is InChI=1S/C16H26N2O2/c1-11(2)12-10-13(19)18-14(17-12)16(20-5)8-6-15(3,4)7-9-16/h10-11H,6-9H2,1-5H3,(H,17,18,19). The molecular weight excluding hydrogens is 252 g/mol. The minimum absolute atomic E-state index is 0.0834. The Morgan fingerprint density at radius 3 is 2.35 bits per heavy atom. The van der Waals surface area contributed by atoms with Crippen LogP contribution < -0.4 is 5.56 Å². The molecule has 0 saturated heterocycles. The normalized spacial score (nSPS) is 21.1. The fourth-order valence-corrected chi connectivity index (χ4v) is 2.86. The summed E-state index contributed by atoms with van der Waals surface area (Å²) in [5.74, 6) is 0.941. The Balaban J connectivity index is 2.40. The van der Waals surface area contributed by atoms with Crippen molar-refractivity contribution in [2.45, 2.75) is 64.9 Å². The summed E-state index contributed by atoms with van der Waals surface area (Å²) in [6, 6.07) is 1.59. The average Bonchev–Trinajstić information content (AvgIpc) is 2.38. The zero-order valence-electron chi connectivity index (χ0n) is 13.2. The molecule has 1 aromatic heterocycles. The number of H-pyrrole nitrogens is 1. The Kier molecular flexibility index (Phi) is 4.05. The molecule has 1 saturated carbocycles. The lowest BCUT2D eigenvalue weighted by Gasteiger charge is -2.41. The van der Waals surface area contributed by atoms with E-state index in [0.717, 1.165) is 31.4 Å². The summed E-state index contributed by atoms with van der Waals surface area (Å²) in [5.41, 5.74) is 0.669. The van der Waals surface area contributed by atoms with Crippen molar-refractivity contribution < 1.29 is 4.74 Å². The summed E-state index contributed by atoms with van der Waals surface area (Å²) in [6.45, 7) is 8.67. The van der Waals surface area contributed by atoms with Crippen molar-refractivity contribution in [3.63, 3.8) is 0 Å². The topological polar surface area (TPSA) is 55.0 Å². The van der Waals surface area contributed by atoms with Crippen LogP contribution in [0.5, 0.6) is 0 Å². The van der Waals surface area contributed by atoms with Crippen molar-refractivity contribution in [1.29, 1.82) is 0 Å². The largest absolute Gasteiger partial charge is 0.370 e. The van der Waals surface area contributed by atoms with E-state index in [1.54, 1.807) is 13.2 Å². The smallest absolute Gasteiger partial charge is 0.251 e. The van der Waals surface area contributed by atoms with Crippen LogP contribution in [0.4, 0.5) is 0 Å². The van der Waals surface area contributed by atoms with Crippen LogP contribution in [0, 0.1) is 5.41 Å². The highest BCUT2D eigenvalue weighted by Crippen LogP contribution is 2.45. The van der Waals surface area contributed by atoms with Crippen molar-refractivity contribution >= 4 is 0 Å². The number of ether oxygens (including phenoxy) is 1. The first-order chi connectivity index (χ1) is 9.28. The second kappa shape index (κ2) is 5.32. The number of nitrogens with zero attached hydrogens (tertiary/aromatic N) is 1. The number of rotatable bonds is 3. The molecule has 0 atom stereocenters. The van der Waals surface area contributed by atoms with Gasteiger partial charge in [0.25, 0.3) is 5.56 Å². The van der Waals surface area contributed by atoms with Gasteiger partial charge in [0.2, 0.25) is 0 Å². The van der Waals surface area contributed by atoms with Gasteiger partial charge in [0.05, 0.1) is 5.69 Å². The highest BCUT2D eigenvalue weighted by atomic mass is 16.5. The Morgan fingerprint density at radius 2 is 1.85 bits per heavy atom. The van der Waals surface area contributed by atoms with Gasteiger partial charge in [-0.1, -0.05) is 27.7 Å². The maximum Gasteiger partial charge on any atom is 0.251 e. The van der Waals surface area contributed by atoms with Gasteiger partial charge < -0.3 is 9.72 Å². The first-order valence-corrected chi connectivity index (χ1v) is 7.45. The monoisotopic (exact) mass is 278 g/mol. The van der Waals surface area contributed by atoms with Crippen molar-refractivity contribution in [2.24, 2.45) is 5.41 Å². The van der Waals surface area contributed by atoms with E-state index in [2.05, 4.69) is 37.7 Å². The van der Waals surface area contributed by atoms with Crippen LogP contribution in [0.3, 0.4) is 0 Å². The number of hydrogen-bond acceptors (Lipinski definition) is 3. The van der Waals surface area contributed by atoms with Gasteiger partial charge in [-0.25, -0.2) is 4.98 Å². The molecule has 0 spiro atoms. The van der Waals surface area contributed by atoms with E-state index in [4.69, 9.17) is 4.74 Å². The summed E-state index contributed by atoms with van der Waals surface area (Å²) in [7, 11) is 1.72. The van der Waals surface area contributed by atoms with Gasteiger partial charge in [-0.2, -0.15) is 0 Å². The van der Waals surface area contributed by atoms with E-state index < -0.39 is 5.60 Å². The van der Waals surface area contributed by atoms with Crippen LogP contribution in [-0.2, 0) is 10.3 Å². The third kappa shape index (κ3) is 2.95. The lowest BCUT2D eigenvalue weighted by molar-refractivity contribution is -0.0732. The van der Waals surface area contributed by atoms with Gasteiger partial charge >= 0.3 is 0 Å². The molecule has 4 heteroatoms. The molecule has 1 aliphatic carbocycles.